The monoisotopic (exact) mass is 301 g/mol. The second-order valence-electron chi connectivity index (χ2n) is 5.04. The van der Waals surface area contributed by atoms with Crippen LogP contribution in [0, 0.1) is 5.92 Å². The first-order chi connectivity index (χ1) is 9.95. The molecular weight excluding hydrogens is 284 g/mol. The Balaban J connectivity index is 2.15. The largest absolute Gasteiger partial charge is 0.489 e. The summed E-state index contributed by atoms with van der Waals surface area (Å²) < 4.78 is 34.6. The van der Waals surface area contributed by atoms with E-state index < -0.39 is 18.6 Å². The van der Waals surface area contributed by atoms with Crippen molar-refractivity contribution < 1.29 is 28.2 Å². The van der Waals surface area contributed by atoms with Crippen molar-refractivity contribution in [3.63, 3.8) is 0 Å². The SMILES string of the molecule is NC(CC(=O)O)c1ccc(OC(F)F)c(OCC2CC2)c1. The van der Waals surface area contributed by atoms with Crippen LogP contribution >= 0.6 is 0 Å². The number of carboxylic acids is 1. The van der Waals surface area contributed by atoms with E-state index in [1.54, 1.807) is 0 Å². The quantitative estimate of drug-likeness (QED) is 0.771. The van der Waals surface area contributed by atoms with Gasteiger partial charge in [-0.1, -0.05) is 6.07 Å². The van der Waals surface area contributed by atoms with Crippen LogP contribution in [0.4, 0.5) is 8.78 Å². The molecule has 5 nitrogen and oxygen atoms in total. The fourth-order valence-electron chi connectivity index (χ4n) is 1.86. The van der Waals surface area contributed by atoms with Gasteiger partial charge in [-0.25, -0.2) is 0 Å². The number of carbonyl (C=O) groups is 1. The third-order valence-electron chi connectivity index (χ3n) is 3.18. The van der Waals surface area contributed by atoms with Gasteiger partial charge < -0.3 is 20.3 Å². The van der Waals surface area contributed by atoms with Crippen molar-refractivity contribution in [3.05, 3.63) is 23.8 Å². The maximum absolute atomic E-state index is 12.4. The first-order valence-corrected chi connectivity index (χ1v) is 6.64. The third-order valence-corrected chi connectivity index (χ3v) is 3.18. The molecule has 0 amide bonds. The Labute approximate surface area is 120 Å². The van der Waals surface area contributed by atoms with Crippen LogP contribution in [0.1, 0.15) is 30.9 Å². The molecule has 1 atom stereocenters. The summed E-state index contributed by atoms with van der Waals surface area (Å²) in [6.07, 6.45) is 1.86. The minimum Gasteiger partial charge on any atom is -0.489 e. The van der Waals surface area contributed by atoms with E-state index in [2.05, 4.69) is 4.74 Å². The molecule has 3 N–H and O–H groups in total. The van der Waals surface area contributed by atoms with Gasteiger partial charge in [0.25, 0.3) is 0 Å². The van der Waals surface area contributed by atoms with E-state index in [4.69, 9.17) is 15.6 Å². The molecule has 1 aliphatic rings. The molecule has 0 bridgehead atoms. The summed E-state index contributed by atoms with van der Waals surface area (Å²) in [6, 6.07) is 3.53. The number of benzene rings is 1. The molecule has 0 aromatic heterocycles. The van der Waals surface area contributed by atoms with Crippen LogP contribution in [0.25, 0.3) is 0 Å². The smallest absolute Gasteiger partial charge is 0.387 e. The molecule has 1 aliphatic carbocycles. The van der Waals surface area contributed by atoms with Crippen molar-refractivity contribution in [2.75, 3.05) is 6.61 Å². The first kappa shape index (κ1) is 15.5. The predicted octanol–water partition coefficient (Wildman–Crippen LogP) is 2.55. The third kappa shape index (κ3) is 4.86. The van der Waals surface area contributed by atoms with Crippen LogP contribution < -0.4 is 15.2 Å². The maximum atomic E-state index is 12.4. The van der Waals surface area contributed by atoms with Gasteiger partial charge in [0.1, 0.15) is 0 Å². The van der Waals surface area contributed by atoms with Gasteiger partial charge in [0.2, 0.25) is 0 Å². The lowest BCUT2D eigenvalue weighted by molar-refractivity contribution is -0.137. The Morgan fingerprint density at radius 1 is 1.38 bits per heavy atom. The summed E-state index contributed by atoms with van der Waals surface area (Å²) in [4.78, 5) is 10.7. The molecule has 0 saturated heterocycles. The predicted molar refractivity (Wildman–Crippen MR) is 70.5 cm³/mol. The zero-order valence-electron chi connectivity index (χ0n) is 11.3. The first-order valence-electron chi connectivity index (χ1n) is 6.64. The average molecular weight is 301 g/mol. The van der Waals surface area contributed by atoms with Gasteiger partial charge in [0, 0.05) is 6.04 Å². The topological polar surface area (TPSA) is 81.8 Å². The molecule has 21 heavy (non-hydrogen) atoms. The molecular formula is C14H17F2NO4. The average Bonchev–Trinajstić information content (AvgIpc) is 3.20. The van der Waals surface area contributed by atoms with Gasteiger partial charge in [0.05, 0.1) is 13.0 Å². The highest BCUT2D eigenvalue weighted by atomic mass is 19.3. The van der Waals surface area contributed by atoms with Crippen LogP contribution in [-0.2, 0) is 4.79 Å². The van der Waals surface area contributed by atoms with Crippen molar-refractivity contribution >= 4 is 5.97 Å². The number of halogens is 2. The number of aliphatic carboxylic acids is 1. The number of hydrogen-bond donors (Lipinski definition) is 2. The van der Waals surface area contributed by atoms with Gasteiger partial charge in [-0.05, 0) is 36.5 Å². The summed E-state index contributed by atoms with van der Waals surface area (Å²) in [7, 11) is 0. The van der Waals surface area contributed by atoms with Crippen LogP contribution in [0.3, 0.4) is 0 Å². The Bertz CT molecular complexity index is 506. The molecule has 0 heterocycles. The Kier molecular flexibility index (Phi) is 4.95. The van der Waals surface area contributed by atoms with Crippen LogP contribution in [-0.4, -0.2) is 24.3 Å². The summed E-state index contributed by atoms with van der Waals surface area (Å²) >= 11 is 0. The lowest BCUT2D eigenvalue weighted by Crippen LogP contribution is -2.15. The van der Waals surface area contributed by atoms with E-state index in [0.717, 1.165) is 12.8 Å². The Hall–Kier alpha value is -1.89. The number of rotatable bonds is 8. The Morgan fingerprint density at radius 2 is 2.10 bits per heavy atom. The summed E-state index contributed by atoms with van der Waals surface area (Å²) in [5.41, 5.74) is 6.26. The zero-order chi connectivity index (χ0) is 15.4. The highest BCUT2D eigenvalue weighted by molar-refractivity contribution is 5.68. The van der Waals surface area contributed by atoms with E-state index in [0.29, 0.717) is 18.1 Å². The van der Waals surface area contributed by atoms with Gasteiger partial charge in [0.15, 0.2) is 11.5 Å². The highest BCUT2D eigenvalue weighted by Crippen LogP contribution is 2.35. The lowest BCUT2D eigenvalue weighted by atomic mass is 10.0. The van der Waals surface area contributed by atoms with Crippen LogP contribution in [0.5, 0.6) is 11.5 Å². The number of ether oxygens (including phenoxy) is 2. The van der Waals surface area contributed by atoms with Gasteiger partial charge in [-0.2, -0.15) is 8.78 Å². The Morgan fingerprint density at radius 3 is 2.67 bits per heavy atom. The molecule has 116 valence electrons. The van der Waals surface area contributed by atoms with E-state index in [1.807, 2.05) is 0 Å². The zero-order valence-corrected chi connectivity index (χ0v) is 11.3. The number of nitrogens with two attached hydrogens (primary N) is 1. The van der Waals surface area contributed by atoms with Crippen molar-refractivity contribution in [2.45, 2.75) is 31.9 Å². The lowest BCUT2D eigenvalue weighted by Gasteiger charge is -2.16. The maximum Gasteiger partial charge on any atom is 0.387 e. The minimum absolute atomic E-state index is 0.0723. The molecule has 1 aromatic carbocycles. The summed E-state index contributed by atoms with van der Waals surface area (Å²) in [5.74, 6) is -0.492. The normalized spacial score (nSPS) is 15.8. The van der Waals surface area contributed by atoms with Crippen LogP contribution in [0.2, 0.25) is 0 Å². The summed E-state index contributed by atoms with van der Waals surface area (Å²) in [6.45, 7) is -2.52. The number of carboxylic acid groups (broad SMARTS) is 1. The summed E-state index contributed by atoms with van der Waals surface area (Å²) in [5, 5.41) is 8.74. The fourth-order valence-corrected chi connectivity index (χ4v) is 1.86. The van der Waals surface area contributed by atoms with E-state index in [1.165, 1.54) is 18.2 Å². The molecule has 2 rings (SSSR count). The van der Waals surface area contributed by atoms with Crippen LogP contribution in [0.15, 0.2) is 18.2 Å². The van der Waals surface area contributed by atoms with Crippen molar-refractivity contribution in [1.82, 2.24) is 0 Å². The molecule has 1 fully saturated rings. The van der Waals surface area contributed by atoms with E-state index >= 15 is 0 Å². The van der Waals surface area contributed by atoms with Crippen molar-refractivity contribution in [1.29, 1.82) is 0 Å². The second-order valence-corrected chi connectivity index (χ2v) is 5.04. The van der Waals surface area contributed by atoms with Crippen molar-refractivity contribution in [3.8, 4) is 11.5 Å². The van der Waals surface area contributed by atoms with E-state index in [9.17, 15) is 13.6 Å². The van der Waals surface area contributed by atoms with Gasteiger partial charge in [-0.3, -0.25) is 4.79 Å². The molecule has 7 heteroatoms. The molecule has 1 saturated carbocycles. The fraction of sp³-hybridized carbons (Fsp3) is 0.500. The van der Waals surface area contributed by atoms with E-state index in [-0.39, 0.29) is 17.9 Å². The molecule has 0 radical (unpaired) electrons. The molecule has 1 unspecified atom stereocenters. The highest BCUT2D eigenvalue weighted by Gasteiger charge is 2.23. The number of alkyl halides is 2. The standard InChI is InChI=1S/C14H17F2NO4/c15-14(16)21-11-4-3-9(10(17)6-13(18)19)5-12(11)20-7-8-1-2-8/h3-5,8,10,14H,1-2,6-7,17H2,(H,18,19). The minimum atomic E-state index is -2.95. The van der Waals surface area contributed by atoms with Gasteiger partial charge in [-0.15, -0.1) is 0 Å². The second kappa shape index (κ2) is 6.71. The van der Waals surface area contributed by atoms with Crippen molar-refractivity contribution in [2.24, 2.45) is 11.7 Å². The molecule has 0 aliphatic heterocycles. The molecule has 1 aromatic rings. The number of hydrogen-bond acceptors (Lipinski definition) is 4. The van der Waals surface area contributed by atoms with Gasteiger partial charge >= 0.3 is 12.6 Å². The molecule has 0 spiro atoms.